The van der Waals surface area contributed by atoms with Gasteiger partial charge >= 0.3 is 5.97 Å². The molecular weight excluding hydrogens is 360 g/mol. The Balaban J connectivity index is 1.56. The number of benzene rings is 2. The monoisotopic (exact) mass is 380 g/mol. The summed E-state index contributed by atoms with van der Waals surface area (Å²) in [7, 11) is 0. The number of thioether (sulfide) groups is 1. The summed E-state index contributed by atoms with van der Waals surface area (Å²) in [5, 5.41) is 18.4. The van der Waals surface area contributed by atoms with Crippen molar-refractivity contribution in [1.82, 2.24) is 4.90 Å². The van der Waals surface area contributed by atoms with E-state index in [9.17, 15) is 14.7 Å². The van der Waals surface area contributed by atoms with Crippen molar-refractivity contribution in [1.29, 1.82) is 5.26 Å². The third-order valence-electron chi connectivity index (χ3n) is 4.79. The molecule has 1 aliphatic heterocycles. The zero-order valence-corrected chi connectivity index (χ0v) is 15.6. The van der Waals surface area contributed by atoms with Crippen molar-refractivity contribution in [3.8, 4) is 6.07 Å². The Labute approximate surface area is 162 Å². The first-order valence-electron chi connectivity index (χ1n) is 8.71. The molecule has 0 unspecified atom stereocenters. The second-order valence-electron chi connectivity index (χ2n) is 6.56. The molecule has 1 saturated heterocycles. The van der Waals surface area contributed by atoms with Crippen LogP contribution < -0.4 is 0 Å². The van der Waals surface area contributed by atoms with Gasteiger partial charge in [-0.3, -0.25) is 9.59 Å². The molecule has 27 heavy (non-hydrogen) atoms. The minimum absolute atomic E-state index is 0.0293. The van der Waals surface area contributed by atoms with Crippen LogP contribution in [0.4, 0.5) is 0 Å². The van der Waals surface area contributed by atoms with E-state index in [-0.39, 0.29) is 18.4 Å². The zero-order chi connectivity index (χ0) is 19.2. The number of rotatable bonds is 6. The minimum atomic E-state index is -0.857. The van der Waals surface area contributed by atoms with E-state index in [1.54, 1.807) is 17.0 Å². The second-order valence-corrected chi connectivity index (χ2v) is 7.55. The molecule has 1 aliphatic rings. The largest absolute Gasteiger partial charge is 0.481 e. The highest BCUT2D eigenvalue weighted by molar-refractivity contribution is 7.99. The van der Waals surface area contributed by atoms with Gasteiger partial charge in [-0.1, -0.05) is 42.5 Å². The predicted molar refractivity (Wildman–Crippen MR) is 104 cm³/mol. The van der Waals surface area contributed by atoms with Crippen LogP contribution in [0.1, 0.15) is 22.6 Å². The Morgan fingerprint density at radius 3 is 2.44 bits per heavy atom. The van der Waals surface area contributed by atoms with Gasteiger partial charge in [0.05, 0.1) is 23.3 Å². The molecule has 0 aliphatic carbocycles. The zero-order valence-electron chi connectivity index (χ0n) is 14.7. The Kier molecular flexibility index (Phi) is 6.15. The third-order valence-corrected chi connectivity index (χ3v) is 5.78. The number of amides is 1. The number of carboxylic acid groups (broad SMARTS) is 1. The first-order valence-corrected chi connectivity index (χ1v) is 9.86. The lowest BCUT2D eigenvalue weighted by Crippen LogP contribution is -2.31. The van der Waals surface area contributed by atoms with E-state index in [1.807, 2.05) is 42.5 Å². The average molecular weight is 380 g/mol. The van der Waals surface area contributed by atoms with Crippen molar-refractivity contribution in [2.75, 3.05) is 18.8 Å². The highest BCUT2D eigenvalue weighted by Gasteiger charge is 2.40. The van der Waals surface area contributed by atoms with E-state index in [0.717, 1.165) is 11.1 Å². The standard InChI is InChI=1S/C21H20N2O3S/c22-10-15-6-8-16(9-7-15)13-27-14-20(24)23-11-18(19(12-23)21(25)26)17-4-2-1-3-5-17/h1-9,18-19H,11-14H2,(H,25,26)/t18-,19-/m1/s1. The molecule has 2 atom stereocenters. The summed E-state index contributed by atoms with van der Waals surface area (Å²) in [4.78, 5) is 25.9. The lowest BCUT2D eigenvalue weighted by atomic mass is 9.89. The van der Waals surface area contributed by atoms with Crippen molar-refractivity contribution in [2.24, 2.45) is 5.92 Å². The molecule has 0 saturated carbocycles. The number of carbonyl (C=O) groups excluding carboxylic acids is 1. The fourth-order valence-electron chi connectivity index (χ4n) is 3.32. The maximum absolute atomic E-state index is 12.6. The second kappa shape index (κ2) is 8.74. The van der Waals surface area contributed by atoms with Crippen LogP contribution in [-0.4, -0.2) is 40.7 Å². The van der Waals surface area contributed by atoms with Gasteiger partial charge in [0.1, 0.15) is 0 Å². The number of carbonyl (C=O) groups is 2. The molecule has 2 aromatic rings. The van der Waals surface area contributed by atoms with E-state index in [2.05, 4.69) is 6.07 Å². The van der Waals surface area contributed by atoms with Crippen LogP contribution in [0, 0.1) is 17.2 Å². The minimum Gasteiger partial charge on any atom is -0.481 e. The van der Waals surface area contributed by atoms with Gasteiger partial charge in [0.25, 0.3) is 0 Å². The van der Waals surface area contributed by atoms with Crippen LogP contribution >= 0.6 is 11.8 Å². The summed E-state index contributed by atoms with van der Waals surface area (Å²) in [6.45, 7) is 0.697. The summed E-state index contributed by atoms with van der Waals surface area (Å²) >= 11 is 1.50. The van der Waals surface area contributed by atoms with Crippen LogP contribution in [0.2, 0.25) is 0 Å². The van der Waals surface area contributed by atoms with Crippen molar-refractivity contribution >= 4 is 23.6 Å². The van der Waals surface area contributed by atoms with Gasteiger partial charge in [-0.15, -0.1) is 11.8 Å². The molecular formula is C21H20N2O3S. The number of nitriles is 1. The normalized spacial score (nSPS) is 18.9. The molecule has 3 rings (SSSR count). The molecule has 1 fully saturated rings. The van der Waals surface area contributed by atoms with E-state index < -0.39 is 11.9 Å². The Morgan fingerprint density at radius 2 is 1.81 bits per heavy atom. The van der Waals surface area contributed by atoms with Crippen LogP contribution in [0.5, 0.6) is 0 Å². The lowest BCUT2D eigenvalue weighted by molar-refractivity contribution is -0.141. The molecule has 138 valence electrons. The molecule has 0 bridgehead atoms. The molecule has 0 spiro atoms. The Hall–Kier alpha value is -2.78. The smallest absolute Gasteiger partial charge is 0.308 e. The van der Waals surface area contributed by atoms with Crippen molar-refractivity contribution in [2.45, 2.75) is 11.7 Å². The molecule has 0 aromatic heterocycles. The van der Waals surface area contributed by atoms with Gasteiger partial charge in [0.2, 0.25) is 5.91 Å². The summed E-state index contributed by atoms with van der Waals surface area (Å²) in [6, 6.07) is 18.9. The summed E-state index contributed by atoms with van der Waals surface area (Å²) in [5.41, 5.74) is 2.63. The maximum atomic E-state index is 12.6. The molecule has 2 aromatic carbocycles. The molecule has 1 amide bonds. The Morgan fingerprint density at radius 1 is 1.11 bits per heavy atom. The summed E-state index contributed by atoms with van der Waals surface area (Å²) in [6.07, 6.45) is 0. The van der Waals surface area contributed by atoms with Crippen LogP contribution in [0.25, 0.3) is 0 Å². The average Bonchev–Trinajstić information content (AvgIpc) is 3.15. The quantitative estimate of drug-likeness (QED) is 0.833. The van der Waals surface area contributed by atoms with Gasteiger partial charge in [0, 0.05) is 24.8 Å². The summed E-state index contributed by atoms with van der Waals surface area (Å²) < 4.78 is 0. The highest BCUT2D eigenvalue weighted by Crippen LogP contribution is 2.33. The van der Waals surface area contributed by atoms with Crippen LogP contribution in [-0.2, 0) is 15.3 Å². The fourth-order valence-corrected chi connectivity index (χ4v) is 4.21. The van der Waals surface area contributed by atoms with Crippen molar-refractivity contribution in [3.05, 3.63) is 71.3 Å². The summed E-state index contributed by atoms with van der Waals surface area (Å²) in [5.74, 6) is -0.636. The first-order chi connectivity index (χ1) is 13.1. The SMILES string of the molecule is N#Cc1ccc(CSCC(=O)N2C[C@H](c3ccccc3)[C@H](C(=O)O)C2)cc1. The number of aliphatic carboxylic acids is 1. The maximum Gasteiger partial charge on any atom is 0.308 e. The van der Waals surface area contributed by atoms with E-state index >= 15 is 0 Å². The molecule has 6 heteroatoms. The number of hydrogen-bond acceptors (Lipinski definition) is 4. The van der Waals surface area contributed by atoms with Crippen molar-refractivity contribution in [3.63, 3.8) is 0 Å². The van der Waals surface area contributed by atoms with Gasteiger partial charge < -0.3 is 10.0 Å². The Bertz CT molecular complexity index is 846. The van der Waals surface area contributed by atoms with Crippen LogP contribution in [0.15, 0.2) is 54.6 Å². The highest BCUT2D eigenvalue weighted by atomic mass is 32.2. The van der Waals surface area contributed by atoms with Crippen LogP contribution in [0.3, 0.4) is 0 Å². The van der Waals surface area contributed by atoms with Gasteiger partial charge in [0.15, 0.2) is 0 Å². The van der Waals surface area contributed by atoms with Crippen molar-refractivity contribution < 1.29 is 14.7 Å². The van der Waals surface area contributed by atoms with Gasteiger partial charge in [-0.2, -0.15) is 5.26 Å². The first kappa shape index (κ1) is 19.0. The predicted octanol–water partition coefficient (Wildman–Crippen LogP) is 3.12. The van der Waals surface area contributed by atoms with E-state index in [4.69, 9.17) is 5.26 Å². The molecule has 1 heterocycles. The van der Waals surface area contributed by atoms with Gasteiger partial charge in [-0.25, -0.2) is 0 Å². The number of carboxylic acids is 1. The number of nitrogens with zero attached hydrogens (tertiary/aromatic N) is 2. The number of hydrogen-bond donors (Lipinski definition) is 1. The molecule has 5 nitrogen and oxygen atoms in total. The lowest BCUT2D eigenvalue weighted by Gasteiger charge is -2.16. The fraction of sp³-hybridized carbons (Fsp3) is 0.286. The van der Waals surface area contributed by atoms with E-state index in [1.165, 1.54) is 11.8 Å². The number of likely N-dealkylation sites (tertiary alicyclic amines) is 1. The topological polar surface area (TPSA) is 81.4 Å². The molecule has 1 N–H and O–H groups in total. The van der Waals surface area contributed by atoms with E-state index in [0.29, 0.717) is 23.6 Å². The third kappa shape index (κ3) is 4.69. The van der Waals surface area contributed by atoms with Gasteiger partial charge in [-0.05, 0) is 23.3 Å². The molecule has 0 radical (unpaired) electrons.